The molecule has 1 aromatic carbocycles. The van der Waals surface area contributed by atoms with Crippen LogP contribution in [-0.2, 0) is 13.0 Å². The third kappa shape index (κ3) is 3.32. The number of thiophene rings is 1. The molecule has 0 unspecified atom stereocenters. The molecule has 0 bridgehead atoms. The van der Waals surface area contributed by atoms with Gasteiger partial charge >= 0.3 is 0 Å². The van der Waals surface area contributed by atoms with Crippen LogP contribution in [-0.4, -0.2) is 15.9 Å². The van der Waals surface area contributed by atoms with Gasteiger partial charge in [0.05, 0.1) is 5.39 Å². The van der Waals surface area contributed by atoms with E-state index < -0.39 is 5.91 Å². The lowest BCUT2D eigenvalue weighted by Crippen LogP contribution is -2.11. The molecule has 6 heteroatoms. The van der Waals surface area contributed by atoms with Crippen LogP contribution in [0.1, 0.15) is 33.5 Å². The molecule has 0 saturated heterocycles. The van der Waals surface area contributed by atoms with Crippen molar-refractivity contribution in [3.63, 3.8) is 0 Å². The highest BCUT2D eigenvalue weighted by atomic mass is 32.1. The summed E-state index contributed by atoms with van der Waals surface area (Å²) in [6.07, 6.45) is 0.994. The maximum absolute atomic E-state index is 11.1. The molecule has 0 aliphatic heterocycles. The van der Waals surface area contributed by atoms with E-state index in [-0.39, 0.29) is 0 Å². The van der Waals surface area contributed by atoms with Crippen molar-refractivity contribution < 1.29 is 4.79 Å². The van der Waals surface area contributed by atoms with Crippen molar-refractivity contribution in [3.05, 3.63) is 52.2 Å². The predicted molar refractivity (Wildman–Crippen MR) is 93.8 cm³/mol. The van der Waals surface area contributed by atoms with Gasteiger partial charge in [-0.25, -0.2) is 9.97 Å². The van der Waals surface area contributed by atoms with Gasteiger partial charge in [0.25, 0.3) is 0 Å². The van der Waals surface area contributed by atoms with Crippen LogP contribution in [0.15, 0.2) is 30.3 Å². The first-order valence-electron chi connectivity index (χ1n) is 7.46. The smallest absolute Gasteiger partial charge is 0.248 e. The molecule has 0 spiro atoms. The molecule has 23 heavy (non-hydrogen) atoms. The molecular formula is C17H18N4OS. The molecule has 2 heterocycles. The zero-order chi connectivity index (χ0) is 16.4. The fraction of sp³-hybridized carbons (Fsp3) is 0.235. The Balaban J connectivity index is 1.83. The number of carbonyl (C=O) groups is 1. The molecule has 0 atom stereocenters. The average Bonchev–Trinajstić information content (AvgIpc) is 2.96. The monoisotopic (exact) mass is 326 g/mol. The molecule has 118 valence electrons. The number of aryl methyl sites for hydroxylation is 2. The van der Waals surface area contributed by atoms with E-state index in [9.17, 15) is 4.79 Å². The maximum Gasteiger partial charge on any atom is 0.248 e. The van der Waals surface area contributed by atoms with E-state index >= 15 is 0 Å². The highest BCUT2D eigenvalue weighted by molar-refractivity contribution is 7.18. The molecule has 0 aliphatic carbocycles. The number of fused-ring (bicyclic) bond motifs is 1. The van der Waals surface area contributed by atoms with E-state index in [1.165, 1.54) is 4.88 Å². The fourth-order valence-corrected chi connectivity index (χ4v) is 3.37. The van der Waals surface area contributed by atoms with Gasteiger partial charge in [0, 0.05) is 17.0 Å². The number of rotatable bonds is 5. The Kier molecular flexibility index (Phi) is 4.25. The molecular weight excluding hydrogens is 308 g/mol. The number of nitrogens with two attached hydrogens (primary N) is 1. The number of aromatic nitrogens is 2. The number of benzene rings is 1. The van der Waals surface area contributed by atoms with Crippen LogP contribution in [0.25, 0.3) is 10.2 Å². The molecule has 2 aromatic heterocycles. The van der Waals surface area contributed by atoms with Gasteiger partial charge in [0.1, 0.15) is 16.5 Å². The van der Waals surface area contributed by atoms with Gasteiger partial charge in [-0.2, -0.15) is 0 Å². The molecule has 3 N–H and O–H groups in total. The van der Waals surface area contributed by atoms with Gasteiger partial charge in [-0.15, -0.1) is 11.3 Å². The second-order valence-electron chi connectivity index (χ2n) is 5.32. The van der Waals surface area contributed by atoms with Crippen molar-refractivity contribution >= 4 is 33.3 Å². The van der Waals surface area contributed by atoms with Gasteiger partial charge in [-0.1, -0.05) is 19.1 Å². The van der Waals surface area contributed by atoms with E-state index in [1.54, 1.807) is 23.5 Å². The van der Waals surface area contributed by atoms with E-state index in [4.69, 9.17) is 5.73 Å². The fourth-order valence-electron chi connectivity index (χ4n) is 2.36. The summed E-state index contributed by atoms with van der Waals surface area (Å²) in [4.78, 5) is 22.4. The lowest BCUT2D eigenvalue weighted by atomic mass is 10.1. The van der Waals surface area contributed by atoms with Gasteiger partial charge in [0.15, 0.2) is 0 Å². The van der Waals surface area contributed by atoms with E-state index in [0.29, 0.717) is 12.1 Å². The zero-order valence-corrected chi connectivity index (χ0v) is 13.9. The second-order valence-corrected chi connectivity index (χ2v) is 6.43. The maximum atomic E-state index is 11.1. The Bertz CT molecular complexity index is 855. The summed E-state index contributed by atoms with van der Waals surface area (Å²) in [7, 11) is 0. The van der Waals surface area contributed by atoms with Crippen LogP contribution >= 0.6 is 11.3 Å². The topological polar surface area (TPSA) is 80.9 Å². The minimum Gasteiger partial charge on any atom is -0.366 e. The molecule has 5 nitrogen and oxygen atoms in total. The molecule has 0 fully saturated rings. The predicted octanol–water partition coefficient (Wildman–Crippen LogP) is 3.27. The molecule has 0 aliphatic rings. The van der Waals surface area contributed by atoms with Gasteiger partial charge < -0.3 is 11.1 Å². The standard InChI is InChI=1S/C17H18N4OS/c1-3-13-8-14-16(20-10(2)21-17(14)23-13)19-9-11-4-6-12(7-5-11)15(18)22/h4-8H,3,9H2,1-2H3,(H2,18,22)(H,19,20,21). The first-order valence-corrected chi connectivity index (χ1v) is 8.28. The SMILES string of the molecule is CCc1cc2c(NCc3ccc(C(N)=O)cc3)nc(C)nc2s1. The van der Waals surface area contributed by atoms with Crippen molar-refractivity contribution in [3.8, 4) is 0 Å². The highest BCUT2D eigenvalue weighted by Gasteiger charge is 2.10. The highest BCUT2D eigenvalue weighted by Crippen LogP contribution is 2.29. The average molecular weight is 326 g/mol. The van der Waals surface area contributed by atoms with E-state index in [2.05, 4.69) is 28.3 Å². The molecule has 3 aromatic rings. The normalized spacial score (nSPS) is 10.9. The Morgan fingerprint density at radius 2 is 2.00 bits per heavy atom. The van der Waals surface area contributed by atoms with Crippen LogP contribution in [0.2, 0.25) is 0 Å². The van der Waals surface area contributed by atoms with Crippen molar-refractivity contribution in [1.29, 1.82) is 0 Å². The summed E-state index contributed by atoms with van der Waals surface area (Å²) in [5, 5.41) is 4.43. The molecule has 3 rings (SSSR count). The van der Waals surface area contributed by atoms with Gasteiger partial charge in [-0.3, -0.25) is 4.79 Å². The summed E-state index contributed by atoms with van der Waals surface area (Å²) in [6.45, 7) is 4.66. The Morgan fingerprint density at radius 1 is 1.26 bits per heavy atom. The van der Waals surface area contributed by atoms with E-state index in [0.717, 1.165) is 33.8 Å². The number of amides is 1. The van der Waals surface area contributed by atoms with Crippen molar-refractivity contribution in [2.75, 3.05) is 5.32 Å². The first kappa shape index (κ1) is 15.4. The lowest BCUT2D eigenvalue weighted by Gasteiger charge is -2.08. The summed E-state index contributed by atoms with van der Waals surface area (Å²) < 4.78 is 0. The number of hydrogen-bond donors (Lipinski definition) is 2. The van der Waals surface area contributed by atoms with Crippen molar-refractivity contribution in [2.24, 2.45) is 5.73 Å². The second kappa shape index (κ2) is 6.34. The van der Waals surface area contributed by atoms with Crippen molar-refractivity contribution in [2.45, 2.75) is 26.8 Å². The van der Waals surface area contributed by atoms with Crippen LogP contribution < -0.4 is 11.1 Å². The van der Waals surface area contributed by atoms with Crippen LogP contribution in [0, 0.1) is 6.92 Å². The number of nitrogens with one attached hydrogen (secondary N) is 1. The Morgan fingerprint density at radius 3 is 2.65 bits per heavy atom. The first-order chi connectivity index (χ1) is 11.1. The van der Waals surface area contributed by atoms with Crippen molar-refractivity contribution in [1.82, 2.24) is 9.97 Å². The van der Waals surface area contributed by atoms with Crippen LogP contribution in [0.4, 0.5) is 5.82 Å². The summed E-state index contributed by atoms with van der Waals surface area (Å²) in [5.74, 6) is 1.19. The molecule has 0 saturated carbocycles. The van der Waals surface area contributed by atoms with E-state index in [1.807, 2.05) is 19.1 Å². The van der Waals surface area contributed by atoms with Gasteiger partial charge in [-0.05, 0) is 37.1 Å². The van der Waals surface area contributed by atoms with Crippen LogP contribution in [0.3, 0.4) is 0 Å². The number of hydrogen-bond acceptors (Lipinski definition) is 5. The number of anilines is 1. The quantitative estimate of drug-likeness (QED) is 0.754. The summed E-state index contributed by atoms with van der Waals surface area (Å²) in [5.41, 5.74) is 6.83. The number of primary amides is 1. The Hall–Kier alpha value is -2.47. The molecule has 1 amide bonds. The minimum absolute atomic E-state index is 0.414. The number of nitrogens with zero attached hydrogens (tertiary/aromatic N) is 2. The van der Waals surface area contributed by atoms with Crippen LogP contribution in [0.5, 0.6) is 0 Å². The third-order valence-corrected chi connectivity index (χ3v) is 4.78. The summed E-state index contributed by atoms with van der Waals surface area (Å²) in [6, 6.07) is 9.41. The third-order valence-electron chi connectivity index (χ3n) is 3.60. The Labute approximate surface area is 138 Å². The lowest BCUT2D eigenvalue weighted by molar-refractivity contribution is 0.100. The largest absolute Gasteiger partial charge is 0.366 e. The minimum atomic E-state index is -0.414. The summed E-state index contributed by atoms with van der Waals surface area (Å²) >= 11 is 1.71. The zero-order valence-electron chi connectivity index (χ0n) is 13.1. The number of carbonyl (C=O) groups excluding carboxylic acids is 1. The van der Waals surface area contributed by atoms with Gasteiger partial charge in [0.2, 0.25) is 5.91 Å². The molecule has 0 radical (unpaired) electrons.